The summed E-state index contributed by atoms with van der Waals surface area (Å²) < 4.78 is 5.16. The fourth-order valence-electron chi connectivity index (χ4n) is 2.46. The predicted octanol–water partition coefficient (Wildman–Crippen LogP) is 2.44. The van der Waals surface area contributed by atoms with Crippen molar-refractivity contribution >= 4 is 17.2 Å². The van der Waals surface area contributed by atoms with E-state index in [4.69, 9.17) is 4.52 Å². The van der Waals surface area contributed by atoms with Crippen LogP contribution in [-0.2, 0) is 0 Å². The van der Waals surface area contributed by atoms with Gasteiger partial charge in [-0.3, -0.25) is 4.79 Å². The molecule has 1 saturated carbocycles. The number of rotatable bonds is 4. The lowest BCUT2D eigenvalue weighted by molar-refractivity contribution is 0.0448. The van der Waals surface area contributed by atoms with E-state index in [0.29, 0.717) is 5.76 Å². The van der Waals surface area contributed by atoms with Gasteiger partial charge in [-0.05, 0) is 24.3 Å². The zero-order valence-electron chi connectivity index (χ0n) is 11.0. The van der Waals surface area contributed by atoms with Gasteiger partial charge < -0.3 is 14.9 Å². The minimum atomic E-state index is -0.754. The summed E-state index contributed by atoms with van der Waals surface area (Å²) in [6.07, 6.45) is 3.51. The van der Waals surface area contributed by atoms with Gasteiger partial charge in [0.05, 0.1) is 10.5 Å². The number of nitrogens with one attached hydrogen (secondary N) is 1. The fourth-order valence-corrected chi connectivity index (χ4v) is 3.14. The van der Waals surface area contributed by atoms with Gasteiger partial charge in [-0.25, -0.2) is 0 Å². The van der Waals surface area contributed by atoms with Gasteiger partial charge >= 0.3 is 0 Å². The molecule has 20 heavy (non-hydrogen) atoms. The van der Waals surface area contributed by atoms with Crippen LogP contribution >= 0.6 is 11.3 Å². The maximum Gasteiger partial charge on any atom is 0.273 e. The van der Waals surface area contributed by atoms with Gasteiger partial charge in [0.1, 0.15) is 0 Å². The van der Waals surface area contributed by atoms with E-state index in [-0.39, 0.29) is 18.1 Å². The van der Waals surface area contributed by atoms with Crippen molar-refractivity contribution in [3.05, 3.63) is 29.3 Å². The molecule has 1 amide bonds. The van der Waals surface area contributed by atoms with Gasteiger partial charge in [0.2, 0.25) is 0 Å². The van der Waals surface area contributed by atoms with Crippen LogP contribution in [0.5, 0.6) is 0 Å². The van der Waals surface area contributed by atoms with Gasteiger partial charge in [0.25, 0.3) is 5.91 Å². The van der Waals surface area contributed by atoms with Crippen LogP contribution in [0, 0.1) is 0 Å². The van der Waals surface area contributed by atoms with Crippen molar-refractivity contribution in [3.63, 3.8) is 0 Å². The predicted molar refractivity (Wildman–Crippen MR) is 75.6 cm³/mol. The fraction of sp³-hybridized carbons (Fsp3) is 0.429. The van der Waals surface area contributed by atoms with Gasteiger partial charge in [-0.1, -0.05) is 24.1 Å². The van der Waals surface area contributed by atoms with E-state index >= 15 is 0 Å². The molecule has 0 bridgehead atoms. The van der Waals surface area contributed by atoms with E-state index in [1.54, 1.807) is 6.07 Å². The van der Waals surface area contributed by atoms with Crippen molar-refractivity contribution in [2.45, 2.75) is 31.3 Å². The minimum absolute atomic E-state index is 0.245. The van der Waals surface area contributed by atoms with Crippen molar-refractivity contribution in [1.82, 2.24) is 10.5 Å². The highest BCUT2D eigenvalue weighted by molar-refractivity contribution is 7.13. The standard InChI is InChI=1S/C14H16N2O3S/c17-13(15-9-14(18)5-1-2-6-14)10-8-11(19-16-10)12-4-3-7-20-12/h3-4,7-8,18H,1-2,5-6,9H2,(H,15,17). The second-order valence-corrected chi connectivity index (χ2v) is 6.12. The highest BCUT2D eigenvalue weighted by atomic mass is 32.1. The van der Waals surface area contributed by atoms with E-state index in [1.165, 1.54) is 11.3 Å². The topological polar surface area (TPSA) is 75.4 Å². The Labute approximate surface area is 120 Å². The molecule has 0 atom stereocenters. The molecule has 0 radical (unpaired) electrons. The molecule has 6 heteroatoms. The minimum Gasteiger partial charge on any atom is -0.388 e. The van der Waals surface area contributed by atoms with Crippen LogP contribution in [0.1, 0.15) is 36.2 Å². The number of hydrogen-bond acceptors (Lipinski definition) is 5. The van der Waals surface area contributed by atoms with Crippen LogP contribution in [0.3, 0.4) is 0 Å². The third kappa shape index (κ3) is 2.76. The van der Waals surface area contributed by atoms with E-state index in [2.05, 4.69) is 10.5 Å². The third-order valence-corrected chi connectivity index (χ3v) is 4.50. The summed E-state index contributed by atoms with van der Waals surface area (Å²) in [6, 6.07) is 5.45. The molecule has 0 aromatic carbocycles. The molecular weight excluding hydrogens is 276 g/mol. The summed E-state index contributed by atoms with van der Waals surface area (Å²) in [5.74, 6) is 0.279. The summed E-state index contributed by atoms with van der Waals surface area (Å²) in [7, 11) is 0. The van der Waals surface area contributed by atoms with Crippen LogP contribution in [0.15, 0.2) is 28.1 Å². The molecule has 2 heterocycles. The molecule has 2 aromatic rings. The molecule has 0 saturated heterocycles. The van der Waals surface area contributed by atoms with Crippen molar-refractivity contribution in [2.24, 2.45) is 0 Å². The van der Waals surface area contributed by atoms with E-state index in [1.807, 2.05) is 17.5 Å². The highest BCUT2D eigenvalue weighted by Gasteiger charge is 2.31. The first-order valence-corrected chi connectivity index (χ1v) is 7.55. The van der Waals surface area contributed by atoms with Gasteiger partial charge in [0.15, 0.2) is 11.5 Å². The molecule has 1 fully saturated rings. The lowest BCUT2D eigenvalue weighted by Crippen LogP contribution is -2.40. The normalized spacial score (nSPS) is 17.2. The first kappa shape index (κ1) is 13.3. The Morgan fingerprint density at radius 2 is 2.30 bits per heavy atom. The van der Waals surface area contributed by atoms with Gasteiger partial charge in [0, 0.05) is 12.6 Å². The molecule has 106 valence electrons. The Morgan fingerprint density at radius 3 is 3.00 bits per heavy atom. The Balaban J connectivity index is 1.63. The Hall–Kier alpha value is -1.66. The van der Waals surface area contributed by atoms with Crippen LogP contribution in [-0.4, -0.2) is 28.3 Å². The van der Waals surface area contributed by atoms with Crippen molar-refractivity contribution in [3.8, 4) is 10.6 Å². The smallest absolute Gasteiger partial charge is 0.273 e. The number of carbonyl (C=O) groups excluding carboxylic acids is 1. The average Bonchev–Trinajstić information content (AvgIpc) is 3.16. The molecule has 2 aromatic heterocycles. The van der Waals surface area contributed by atoms with Gasteiger partial charge in [-0.2, -0.15) is 0 Å². The molecule has 1 aliphatic carbocycles. The zero-order valence-corrected chi connectivity index (χ0v) is 11.8. The molecule has 0 unspecified atom stereocenters. The molecule has 1 aliphatic rings. The second-order valence-electron chi connectivity index (χ2n) is 5.17. The highest BCUT2D eigenvalue weighted by Crippen LogP contribution is 2.29. The summed E-state index contributed by atoms with van der Waals surface area (Å²) in [5.41, 5.74) is -0.509. The maximum atomic E-state index is 12.0. The van der Waals surface area contributed by atoms with Crippen molar-refractivity contribution in [1.29, 1.82) is 0 Å². The lowest BCUT2D eigenvalue weighted by atomic mass is 10.0. The monoisotopic (exact) mass is 292 g/mol. The van der Waals surface area contributed by atoms with Gasteiger partial charge in [-0.15, -0.1) is 11.3 Å². The summed E-state index contributed by atoms with van der Waals surface area (Å²) in [5, 5.41) is 18.6. The van der Waals surface area contributed by atoms with Crippen LogP contribution in [0.4, 0.5) is 0 Å². The van der Waals surface area contributed by atoms with Crippen LogP contribution in [0.25, 0.3) is 10.6 Å². The summed E-state index contributed by atoms with van der Waals surface area (Å²) >= 11 is 1.53. The zero-order chi connectivity index (χ0) is 14.0. The molecule has 0 aliphatic heterocycles. The van der Waals surface area contributed by atoms with E-state index in [9.17, 15) is 9.90 Å². The quantitative estimate of drug-likeness (QED) is 0.907. The maximum absolute atomic E-state index is 12.0. The molecule has 0 spiro atoms. The number of aromatic nitrogens is 1. The van der Waals surface area contributed by atoms with Crippen molar-refractivity contribution in [2.75, 3.05) is 6.54 Å². The Kier molecular flexibility index (Phi) is 3.58. The lowest BCUT2D eigenvalue weighted by Gasteiger charge is -2.21. The second kappa shape index (κ2) is 5.38. The Bertz CT molecular complexity index is 585. The molecule has 2 N–H and O–H groups in total. The largest absolute Gasteiger partial charge is 0.388 e. The number of carbonyl (C=O) groups is 1. The SMILES string of the molecule is O=C(NCC1(O)CCCC1)c1cc(-c2cccs2)on1. The number of aliphatic hydroxyl groups is 1. The summed E-state index contributed by atoms with van der Waals surface area (Å²) in [4.78, 5) is 12.9. The number of nitrogens with zero attached hydrogens (tertiary/aromatic N) is 1. The van der Waals surface area contributed by atoms with E-state index in [0.717, 1.165) is 30.6 Å². The first-order chi connectivity index (χ1) is 9.66. The number of hydrogen-bond donors (Lipinski definition) is 2. The molecular formula is C14H16N2O3S. The third-order valence-electron chi connectivity index (χ3n) is 3.62. The van der Waals surface area contributed by atoms with Crippen LogP contribution in [0.2, 0.25) is 0 Å². The Morgan fingerprint density at radius 1 is 1.50 bits per heavy atom. The number of thiophene rings is 1. The average molecular weight is 292 g/mol. The first-order valence-electron chi connectivity index (χ1n) is 6.67. The summed E-state index contributed by atoms with van der Waals surface area (Å²) in [6.45, 7) is 0.271. The number of amides is 1. The van der Waals surface area contributed by atoms with E-state index < -0.39 is 5.60 Å². The molecule has 3 rings (SSSR count). The van der Waals surface area contributed by atoms with Crippen molar-refractivity contribution < 1.29 is 14.4 Å². The van der Waals surface area contributed by atoms with Crippen LogP contribution < -0.4 is 5.32 Å². The molecule has 5 nitrogen and oxygen atoms in total.